The molecule has 0 saturated carbocycles. The normalized spacial score (nSPS) is 11.8. The van der Waals surface area contributed by atoms with Crippen LogP contribution in [-0.4, -0.2) is 14.2 Å². The van der Waals surface area contributed by atoms with Gasteiger partial charge in [0, 0.05) is 12.1 Å². The van der Waals surface area contributed by atoms with E-state index in [0.29, 0.717) is 16.5 Å². The third kappa shape index (κ3) is 3.17. The van der Waals surface area contributed by atoms with Crippen LogP contribution in [0.25, 0.3) is 0 Å². The molecule has 4 heteroatoms. The van der Waals surface area contributed by atoms with Gasteiger partial charge in [0.15, 0.2) is 0 Å². The van der Waals surface area contributed by atoms with Gasteiger partial charge in [-0.2, -0.15) is 0 Å². The van der Waals surface area contributed by atoms with Crippen molar-refractivity contribution < 1.29 is 9.47 Å². The maximum atomic E-state index is 6.17. The lowest BCUT2D eigenvalue weighted by Crippen LogP contribution is -2.07. The first-order chi connectivity index (χ1) is 9.65. The fraction of sp³-hybridized carbons (Fsp3) is 0.250. The summed E-state index contributed by atoms with van der Waals surface area (Å²) >= 11 is 6.17. The van der Waals surface area contributed by atoms with Crippen molar-refractivity contribution in [2.24, 2.45) is 0 Å². The van der Waals surface area contributed by atoms with Crippen molar-refractivity contribution in [3.63, 3.8) is 0 Å². The van der Waals surface area contributed by atoms with E-state index < -0.39 is 0 Å². The second-order valence-corrected chi connectivity index (χ2v) is 4.87. The molecule has 20 heavy (non-hydrogen) atoms. The van der Waals surface area contributed by atoms with E-state index in [-0.39, 0.29) is 6.04 Å². The molecule has 3 nitrogen and oxygen atoms in total. The Morgan fingerprint density at radius 3 is 2.25 bits per heavy atom. The third-order valence-corrected chi connectivity index (χ3v) is 3.44. The lowest BCUT2D eigenvalue weighted by molar-refractivity contribution is 0.395. The van der Waals surface area contributed by atoms with Crippen LogP contribution in [0.15, 0.2) is 42.5 Å². The summed E-state index contributed by atoms with van der Waals surface area (Å²) < 4.78 is 10.6. The number of hydrogen-bond donors (Lipinski definition) is 1. The van der Waals surface area contributed by atoms with E-state index in [9.17, 15) is 0 Å². The molecule has 0 amide bonds. The average molecular weight is 292 g/mol. The van der Waals surface area contributed by atoms with Crippen LogP contribution >= 0.6 is 11.6 Å². The molecule has 0 heterocycles. The van der Waals surface area contributed by atoms with Gasteiger partial charge in [-0.3, -0.25) is 0 Å². The number of ether oxygens (including phenoxy) is 2. The molecule has 0 aliphatic rings. The van der Waals surface area contributed by atoms with Gasteiger partial charge in [0.25, 0.3) is 0 Å². The van der Waals surface area contributed by atoms with E-state index in [1.54, 1.807) is 20.3 Å². The Labute approximate surface area is 124 Å². The number of rotatable bonds is 5. The summed E-state index contributed by atoms with van der Waals surface area (Å²) in [6.45, 7) is 2.09. The van der Waals surface area contributed by atoms with Gasteiger partial charge in [0.1, 0.15) is 11.5 Å². The Bertz CT molecular complexity index is 572. The Morgan fingerprint density at radius 2 is 1.65 bits per heavy atom. The van der Waals surface area contributed by atoms with E-state index in [4.69, 9.17) is 21.1 Å². The number of benzene rings is 2. The number of hydrogen-bond acceptors (Lipinski definition) is 3. The molecule has 1 N–H and O–H groups in total. The molecule has 106 valence electrons. The van der Waals surface area contributed by atoms with Crippen molar-refractivity contribution in [1.29, 1.82) is 0 Å². The summed E-state index contributed by atoms with van der Waals surface area (Å²) in [7, 11) is 3.21. The molecule has 1 atom stereocenters. The fourth-order valence-corrected chi connectivity index (χ4v) is 2.27. The van der Waals surface area contributed by atoms with Crippen LogP contribution in [0.3, 0.4) is 0 Å². The third-order valence-electron chi connectivity index (χ3n) is 3.15. The Hall–Kier alpha value is -1.87. The molecule has 0 saturated heterocycles. The summed E-state index contributed by atoms with van der Waals surface area (Å²) in [6.07, 6.45) is 0. The Morgan fingerprint density at radius 1 is 1.00 bits per heavy atom. The van der Waals surface area contributed by atoms with E-state index in [1.165, 1.54) is 5.56 Å². The molecule has 2 aromatic carbocycles. The van der Waals surface area contributed by atoms with E-state index in [2.05, 4.69) is 24.4 Å². The van der Waals surface area contributed by atoms with Crippen molar-refractivity contribution in [2.45, 2.75) is 13.0 Å². The number of methoxy groups -OCH3 is 2. The average Bonchev–Trinajstić information content (AvgIpc) is 2.48. The van der Waals surface area contributed by atoms with Crippen molar-refractivity contribution in [1.82, 2.24) is 0 Å². The highest BCUT2D eigenvalue weighted by atomic mass is 35.5. The lowest BCUT2D eigenvalue weighted by Gasteiger charge is -2.19. The molecule has 2 aromatic rings. The zero-order valence-corrected chi connectivity index (χ0v) is 12.6. The number of anilines is 1. The molecule has 0 spiro atoms. The van der Waals surface area contributed by atoms with Crippen LogP contribution < -0.4 is 14.8 Å². The summed E-state index contributed by atoms with van der Waals surface area (Å²) in [5, 5.41) is 3.96. The summed E-state index contributed by atoms with van der Waals surface area (Å²) in [4.78, 5) is 0. The monoisotopic (exact) mass is 291 g/mol. The summed E-state index contributed by atoms with van der Waals surface area (Å²) in [5.41, 5.74) is 2.04. The minimum atomic E-state index is 0.148. The van der Waals surface area contributed by atoms with Gasteiger partial charge >= 0.3 is 0 Å². The molecule has 0 radical (unpaired) electrons. The number of nitrogens with one attached hydrogen (secondary N) is 1. The maximum absolute atomic E-state index is 6.17. The summed E-state index contributed by atoms with van der Waals surface area (Å²) in [6, 6.07) is 13.9. The van der Waals surface area contributed by atoms with Crippen LogP contribution in [0.1, 0.15) is 18.5 Å². The zero-order valence-electron chi connectivity index (χ0n) is 11.8. The van der Waals surface area contributed by atoms with Crippen LogP contribution in [0.5, 0.6) is 11.5 Å². The van der Waals surface area contributed by atoms with Crippen LogP contribution in [-0.2, 0) is 0 Å². The van der Waals surface area contributed by atoms with Crippen molar-refractivity contribution in [3.05, 3.63) is 53.1 Å². The van der Waals surface area contributed by atoms with Gasteiger partial charge in [-0.15, -0.1) is 0 Å². The quantitative estimate of drug-likeness (QED) is 0.878. The first-order valence-electron chi connectivity index (χ1n) is 6.38. The van der Waals surface area contributed by atoms with Crippen LogP contribution in [0, 0.1) is 0 Å². The highest BCUT2D eigenvalue weighted by Crippen LogP contribution is 2.37. The molecule has 0 bridgehead atoms. The standard InChI is InChI=1S/C16H18ClNO2/c1-11(12-7-5-4-6-8-12)18-14-9-13(17)15(19-2)10-16(14)20-3/h4-11,18H,1-3H3. The van der Waals surface area contributed by atoms with Crippen LogP contribution in [0.4, 0.5) is 5.69 Å². The van der Waals surface area contributed by atoms with Gasteiger partial charge in [-0.25, -0.2) is 0 Å². The topological polar surface area (TPSA) is 30.5 Å². The number of halogens is 1. The second-order valence-electron chi connectivity index (χ2n) is 4.46. The van der Waals surface area contributed by atoms with Crippen LogP contribution in [0.2, 0.25) is 5.02 Å². The van der Waals surface area contributed by atoms with Gasteiger partial charge in [-0.1, -0.05) is 41.9 Å². The van der Waals surface area contributed by atoms with E-state index in [1.807, 2.05) is 24.3 Å². The van der Waals surface area contributed by atoms with Gasteiger partial charge in [0.05, 0.1) is 24.9 Å². The predicted octanol–water partition coefficient (Wildman–Crippen LogP) is 4.53. The lowest BCUT2D eigenvalue weighted by atomic mass is 10.1. The first-order valence-corrected chi connectivity index (χ1v) is 6.76. The maximum Gasteiger partial charge on any atom is 0.145 e. The van der Waals surface area contributed by atoms with E-state index in [0.717, 1.165) is 5.69 Å². The van der Waals surface area contributed by atoms with Crippen molar-refractivity contribution >= 4 is 17.3 Å². The summed E-state index contributed by atoms with van der Waals surface area (Å²) in [5.74, 6) is 1.30. The minimum Gasteiger partial charge on any atom is -0.495 e. The molecule has 1 unspecified atom stereocenters. The minimum absolute atomic E-state index is 0.148. The van der Waals surface area contributed by atoms with Crippen molar-refractivity contribution in [2.75, 3.05) is 19.5 Å². The zero-order chi connectivity index (χ0) is 14.5. The molecule has 0 fully saturated rings. The second kappa shape index (κ2) is 6.53. The highest BCUT2D eigenvalue weighted by Gasteiger charge is 2.12. The van der Waals surface area contributed by atoms with Crippen molar-refractivity contribution in [3.8, 4) is 11.5 Å². The molecule has 2 rings (SSSR count). The largest absolute Gasteiger partial charge is 0.495 e. The first kappa shape index (κ1) is 14.5. The van der Waals surface area contributed by atoms with Gasteiger partial charge in [0.2, 0.25) is 0 Å². The molecule has 0 aliphatic heterocycles. The molecular weight excluding hydrogens is 274 g/mol. The van der Waals surface area contributed by atoms with Gasteiger partial charge < -0.3 is 14.8 Å². The Kier molecular flexibility index (Phi) is 4.74. The smallest absolute Gasteiger partial charge is 0.145 e. The van der Waals surface area contributed by atoms with E-state index >= 15 is 0 Å². The molecule has 0 aromatic heterocycles. The SMILES string of the molecule is COc1cc(OC)c(NC(C)c2ccccc2)cc1Cl. The Balaban J connectivity index is 2.27. The fourth-order valence-electron chi connectivity index (χ4n) is 2.03. The predicted molar refractivity (Wildman–Crippen MR) is 83.0 cm³/mol. The molecular formula is C16H18ClNO2. The van der Waals surface area contributed by atoms with Gasteiger partial charge in [-0.05, 0) is 18.6 Å². The highest BCUT2D eigenvalue weighted by molar-refractivity contribution is 6.32. The molecule has 0 aliphatic carbocycles.